The van der Waals surface area contributed by atoms with Crippen molar-refractivity contribution in [3.63, 3.8) is 0 Å². The molecule has 2 rings (SSSR count). The van der Waals surface area contributed by atoms with Gasteiger partial charge in [0, 0.05) is 32.1 Å². The molecule has 1 heterocycles. The Balaban J connectivity index is 1.65. The first-order valence-electron chi connectivity index (χ1n) is 7.07. The quantitative estimate of drug-likeness (QED) is 0.719. The second kappa shape index (κ2) is 6.86. The van der Waals surface area contributed by atoms with Crippen molar-refractivity contribution in [2.45, 2.75) is 31.7 Å². The monoisotopic (exact) mass is 269 g/mol. The molecule has 1 aliphatic heterocycles. The minimum Gasteiger partial charge on any atom is -0.378 e. The third-order valence-corrected chi connectivity index (χ3v) is 3.91. The van der Waals surface area contributed by atoms with E-state index in [-0.39, 0.29) is 23.8 Å². The summed E-state index contributed by atoms with van der Waals surface area (Å²) >= 11 is 0. The Labute approximate surface area is 113 Å². The number of amides is 2. The second-order valence-electron chi connectivity index (χ2n) is 5.24. The van der Waals surface area contributed by atoms with Crippen molar-refractivity contribution in [1.29, 1.82) is 0 Å². The summed E-state index contributed by atoms with van der Waals surface area (Å²) in [5.41, 5.74) is 5.88. The lowest BCUT2D eigenvalue weighted by Crippen LogP contribution is -2.43. The Hall–Kier alpha value is -1.14. The molecule has 2 atom stereocenters. The van der Waals surface area contributed by atoms with Crippen LogP contribution >= 0.6 is 0 Å². The Bertz CT molecular complexity index is 329. The molecule has 2 amide bonds. The molecule has 0 aromatic heterocycles. The van der Waals surface area contributed by atoms with Crippen LogP contribution in [0.2, 0.25) is 0 Å². The van der Waals surface area contributed by atoms with E-state index in [0.717, 1.165) is 19.3 Å². The van der Waals surface area contributed by atoms with E-state index in [1.807, 2.05) is 0 Å². The molecule has 108 valence electrons. The van der Waals surface area contributed by atoms with Gasteiger partial charge in [0.05, 0.1) is 19.1 Å². The van der Waals surface area contributed by atoms with Crippen molar-refractivity contribution < 1.29 is 14.3 Å². The van der Waals surface area contributed by atoms with Crippen LogP contribution in [0.1, 0.15) is 25.7 Å². The smallest absolute Gasteiger partial charge is 0.224 e. The molecular formula is C13H23N3O3. The lowest BCUT2D eigenvalue weighted by Gasteiger charge is -2.27. The first kappa shape index (κ1) is 14.3. The van der Waals surface area contributed by atoms with Crippen molar-refractivity contribution in [2.75, 3.05) is 32.8 Å². The number of nitrogens with two attached hydrogens (primary N) is 1. The number of morpholine rings is 1. The molecule has 19 heavy (non-hydrogen) atoms. The summed E-state index contributed by atoms with van der Waals surface area (Å²) < 4.78 is 5.19. The third-order valence-electron chi connectivity index (χ3n) is 3.91. The van der Waals surface area contributed by atoms with Crippen LogP contribution in [0, 0.1) is 5.92 Å². The van der Waals surface area contributed by atoms with Gasteiger partial charge in [-0.1, -0.05) is 6.42 Å². The molecule has 0 radical (unpaired) electrons. The van der Waals surface area contributed by atoms with E-state index in [4.69, 9.17) is 10.5 Å². The minimum absolute atomic E-state index is 0.000206. The topological polar surface area (TPSA) is 84.7 Å². The summed E-state index contributed by atoms with van der Waals surface area (Å²) in [5, 5.41) is 2.83. The molecule has 0 aromatic carbocycles. The van der Waals surface area contributed by atoms with Crippen LogP contribution in [0.5, 0.6) is 0 Å². The van der Waals surface area contributed by atoms with Crippen LogP contribution in [-0.2, 0) is 14.3 Å². The van der Waals surface area contributed by atoms with Crippen LogP contribution in [0.4, 0.5) is 0 Å². The Morgan fingerprint density at radius 3 is 2.63 bits per heavy atom. The van der Waals surface area contributed by atoms with Crippen molar-refractivity contribution in [2.24, 2.45) is 11.7 Å². The van der Waals surface area contributed by atoms with E-state index in [0.29, 0.717) is 39.3 Å². The Morgan fingerprint density at radius 2 is 2.00 bits per heavy atom. The zero-order valence-electron chi connectivity index (χ0n) is 11.3. The van der Waals surface area contributed by atoms with Crippen molar-refractivity contribution in [3.05, 3.63) is 0 Å². The second-order valence-corrected chi connectivity index (χ2v) is 5.24. The summed E-state index contributed by atoms with van der Waals surface area (Å²) in [7, 11) is 0. The van der Waals surface area contributed by atoms with Gasteiger partial charge in [-0.25, -0.2) is 0 Å². The zero-order valence-corrected chi connectivity index (χ0v) is 11.3. The van der Waals surface area contributed by atoms with Gasteiger partial charge in [0.2, 0.25) is 11.8 Å². The van der Waals surface area contributed by atoms with E-state index in [2.05, 4.69) is 5.32 Å². The summed E-state index contributed by atoms with van der Waals surface area (Å²) in [6.45, 7) is 2.92. The van der Waals surface area contributed by atoms with E-state index in [1.165, 1.54) is 0 Å². The summed E-state index contributed by atoms with van der Waals surface area (Å²) in [6, 6.07) is -0.0186. The number of nitrogens with one attached hydrogen (secondary N) is 1. The lowest BCUT2D eigenvalue weighted by molar-refractivity contribution is -0.135. The molecule has 1 aliphatic carbocycles. The van der Waals surface area contributed by atoms with Crippen LogP contribution < -0.4 is 11.1 Å². The fourth-order valence-corrected chi connectivity index (χ4v) is 2.71. The Morgan fingerprint density at radius 1 is 1.26 bits per heavy atom. The first-order valence-corrected chi connectivity index (χ1v) is 7.07. The lowest BCUT2D eigenvalue weighted by atomic mass is 10.0. The zero-order chi connectivity index (χ0) is 13.7. The first-order chi connectivity index (χ1) is 9.18. The fourth-order valence-electron chi connectivity index (χ4n) is 2.71. The molecular weight excluding hydrogens is 246 g/mol. The third kappa shape index (κ3) is 3.91. The molecule has 2 aliphatic rings. The molecule has 1 saturated heterocycles. The number of carbonyl (C=O) groups excluding carboxylic acids is 2. The molecule has 1 saturated carbocycles. The number of nitrogens with zero attached hydrogens (tertiary/aromatic N) is 1. The summed E-state index contributed by atoms with van der Waals surface area (Å²) in [5.74, 6) is 0.0117. The number of rotatable bonds is 4. The molecule has 2 unspecified atom stereocenters. The number of carbonyl (C=O) groups is 2. The normalized spacial score (nSPS) is 27.3. The fraction of sp³-hybridized carbons (Fsp3) is 0.846. The van der Waals surface area contributed by atoms with Crippen LogP contribution in [0.25, 0.3) is 0 Å². The van der Waals surface area contributed by atoms with Gasteiger partial charge in [-0.2, -0.15) is 0 Å². The van der Waals surface area contributed by atoms with Gasteiger partial charge >= 0.3 is 0 Å². The highest BCUT2D eigenvalue weighted by Crippen LogP contribution is 2.23. The standard InChI is InChI=1S/C13H23N3O3/c14-11-3-1-2-10(11)13(18)15-5-4-12(17)16-6-8-19-9-7-16/h10-11H,1-9,14H2,(H,15,18). The van der Waals surface area contributed by atoms with Gasteiger partial charge < -0.3 is 20.7 Å². The summed E-state index contributed by atoms with van der Waals surface area (Å²) in [6.07, 6.45) is 3.16. The SMILES string of the molecule is NC1CCCC1C(=O)NCCC(=O)N1CCOCC1. The van der Waals surface area contributed by atoms with Gasteiger partial charge in [-0.15, -0.1) is 0 Å². The van der Waals surface area contributed by atoms with E-state index >= 15 is 0 Å². The van der Waals surface area contributed by atoms with Gasteiger partial charge in [-0.05, 0) is 12.8 Å². The van der Waals surface area contributed by atoms with Gasteiger partial charge in [-0.3, -0.25) is 9.59 Å². The highest BCUT2D eigenvalue weighted by Gasteiger charge is 2.30. The Kier molecular flexibility index (Phi) is 5.15. The molecule has 0 spiro atoms. The average Bonchev–Trinajstić information content (AvgIpc) is 2.86. The van der Waals surface area contributed by atoms with Crippen LogP contribution in [0.3, 0.4) is 0 Å². The minimum atomic E-state index is -0.0708. The predicted molar refractivity (Wildman–Crippen MR) is 70.3 cm³/mol. The number of ether oxygens (including phenoxy) is 1. The van der Waals surface area contributed by atoms with Crippen molar-refractivity contribution in [3.8, 4) is 0 Å². The maximum absolute atomic E-state index is 11.9. The van der Waals surface area contributed by atoms with Crippen LogP contribution in [0.15, 0.2) is 0 Å². The predicted octanol–water partition coefficient (Wildman–Crippen LogP) is -0.521. The van der Waals surface area contributed by atoms with Gasteiger partial charge in [0.25, 0.3) is 0 Å². The van der Waals surface area contributed by atoms with Crippen molar-refractivity contribution in [1.82, 2.24) is 10.2 Å². The highest BCUT2D eigenvalue weighted by molar-refractivity contribution is 5.81. The molecule has 6 heteroatoms. The van der Waals surface area contributed by atoms with E-state index in [1.54, 1.807) is 4.90 Å². The summed E-state index contributed by atoms with van der Waals surface area (Å²) in [4.78, 5) is 25.5. The molecule has 3 N–H and O–H groups in total. The van der Waals surface area contributed by atoms with E-state index in [9.17, 15) is 9.59 Å². The maximum atomic E-state index is 11.9. The molecule has 6 nitrogen and oxygen atoms in total. The maximum Gasteiger partial charge on any atom is 0.224 e. The van der Waals surface area contributed by atoms with Gasteiger partial charge in [0.15, 0.2) is 0 Å². The van der Waals surface area contributed by atoms with Crippen molar-refractivity contribution >= 4 is 11.8 Å². The number of hydrogen-bond acceptors (Lipinski definition) is 4. The highest BCUT2D eigenvalue weighted by atomic mass is 16.5. The van der Waals surface area contributed by atoms with E-state index < -0.39 is 0 Å². The largest absolute Gasteiger partial charge is 0.378 e. The average molecular weight is 269 g/mol. The molecule has 0 aromatic rings. The van der Waals surface area contributed by atoms with Gasteiger partial charge in [0.1, 0.15) is 0 Å². The number of hydrogen-bond donors (Lipinski definition) is 2. The molecule has 0 bridgehead atoms. The van der Waals surface area contributed by atoms with Crippen LogP contribution in [-0.4, -0.2) is 55.6 Å². The molecule has 2 fully saturated rings.